The summed E-state index contributed by atoms with van der Waals surface area (Å²) in [5.41, 5.74) is 1.23. The molecule has 0 saturated carbocycles. The average Bonchev–Trinajstić information content (AvgIpc) is 3.01. The van der Waals surface area contributed by atoms with E-state index in [0.717, 1.165) is 5.56 Å². The molecular formula is C23H25N3O4. The van der Waals surface area contributed by atoms with E-state index in [9.17, 15) is 14.7 Å². The van der Waals surface area contributed by atoms with Gasteiger partial charge in [0.25, 0.3) is 11.7 Å². The van der Waals surface area contributed by atoms with Gasteiger partial charge < -0.3 is 19.6 Å². The molecular weight excluding hydrogens is 382 g/mol. The van der Waals surface area contributed by atoms with Gasteiger partial charge in [0.15, 0.2) is 0 Å². The molecule has 1 fully saturated rings. The van der Waals surface area contributed by atoms with Crippen molar-refractivity contribution < 1.29 is 19.4 Å². The largest absolute Gasteiger partial charge is 0.507 e. The maximum absolute atomic E-state index is 12.9. The lowest BCUT2D eigenvalue weighted by atomic mass is 9.96. The molecule has 1 aliphatic heterocycles. The molecule has 156 valence electrons. The molecule has 1 N–H and O–H groups in total. The number of hydrogen-bond donors (Lipinski definition) is 1. The van der Waals surface area contributed by atoms with E-state index < -0.39 is 17.7 Å². The molecule has 1 aromatic heterocycles. The first-order chi connectivity index (χ1) is 14.4. The van der Waals surface area contributed by atoms with Gasteiger partial charge in [0.1, 0.15) is 18.1 Å². The lowest BCUT2D eigenvalue weighted by molar-refractivity contribution is -0.140. The molecule has 0 unspecified atom stereocenters. The van der Waals surface area contributed by atoms with Crippen LogP contribution in [0.25, 0.3) is 5.76 Å². The smallest absolute Gasteiger partial charge is 0.295 e. The van der Waals surface area contributed by atoms with E-state index in [1.54, 1.807) is 54.9 Å². The molecule has 1 amide bonds. The number of hydrogen-bond acceptors (Lipinski definition) is 6. The van der Waals surface area contributed by atoms with Crippen LogP contribution in [-0.2, 0) is 9.59 Å². The zero-order chi connectivity index (χ0) is 21.7. The van der Waals surface area contributed by atoms with Crippen LogP contribution in [0.4, 0.5) is 0 Å². The minimum absolute atomic E-state index is 0.0738. The highest BCUT2D eigenvalue weighted by molar-refractivity contribution is 6.46. The van der Waals surface area contributed by atoms with Crippen LogP contribution in [0.5, 0.6) is 5.75 Å². The van der Waals surface area contributed by atoms with Crippen molar-refractivity contribution in [1.29, 1.82) is 0 Å². The number of carbonyl (C=O) groups is 2. The summed E-state index contributed by atoms with van der Waals surface area (Å²) in [6.07, 6.45) is 4.85. The van der Waals surface area contributed by atoms with E-state index in [-0.39, 0.29) is 11.3 Å². The Morgan fingerprint density at radius 2 is 1.87 bits per heavy atom. The molecule has 30 heavy (non-hydrogen) atoms. The van der Waals surface area contributed by atoms with Crippen molar-refractivity contribution in [2.75, 3.05) is 33.8 Å². The van der Waals surface area contributed by atoms with Crippen LogP contribution in [0.1, 0.15) is 17.2 Å². The molecule has 0 radical (unpaired) electrons. The SMILES string of the molecule is C=CCOc1ccc(/C(O)=C2\C(=O)C(=O)N(CCN(C)C)[C@H]2c2ccncc2)cc1. The maximum Gasteiger partial charge on any atom is 0.295 e. The minimum atomic E-state index is -0.694. The van der Waals surface area contributed by atoms with Gasteiger partial charge in [-0.3, -0.25) is 14.6 Å². The topological polar surface area (TPSA) is 83.0 Å². The van der Waals surface area contributed by atoms with Crippen LogP contribution < -0.4 is 4.74 Å². The van der Waals surface area contributed by atoms with Gasteiger partial charge in [-0.25, -0.2) is 0 Å². The Labute approximate surface area is 175 Å². The van der Waals surface area contributed by atoms with E-state index in [1.165, 1.54) is 4.90 Å². The molecule has 7 heteroatoms. The van der Waals surface area contributed by atoms with Gasteiger partial charge >= 0.3 is 0 Å². The van der Waals surface area contributed by atoms with Gasteiger partial charge in [-0.05, 0) is 56.1 Å². The van der Waals surface area contributed by atoms with Crippen molar-refractivity contribution in [3.63, 3.8) is 0 Å². The number of amides is 1. The lowest BCUT2D eigenvalue weighted by Gasteiger charge is -2.26. The first-order valence-corrected chi connectivity index (χ1v) is 9.61. The first kappa shape index (κ1) is 21.3. The number of Topliss-reactive ketones (excluding diaryl/α,β-unsaturated/α-hetero) is 1. The monoisotopic (exact) mass is 407 g/mol. The fourth-order valence-electron chi connectivity index (χ4n) is 3.33. The summed E-state index contributed by atoms with van der Waals surface area (Å²) < 4.78 is 5.46. The van der Waals surface area contributed by atoms with Crippen LogP contribution in [0.15, 0.2) is 67.0 Å². The van der Waals surface area contributed by atoms with E-state index in [0.29, 0.717) is 31.0 Å². The highest BCUT2D eigenvalue weighted by Gasteiger charge is 2.45. The molecule has 7 nitrogen and oxygen atoms in total. The zero-order valence-corrected chi connectivity index (χ0v) is 17.1. The fourth-order valence-corrected chi connectivity index (χ4v) is 3.33. The third kappa shape index (κ3) is 4.41. The van der Waals surface area contributed by atoms with Crippen molar-refractivity contribution in [3.8, 4) is 5.75 Å². The Morgan fingerprint density at radius 1 is 1.20 bits per heavy atom. The van der Waals surface area contributed by atoms with Crippen LogP contribution >= 0.6 is 0 Å². The van der Waals surface area contributed by atoms with Gasteiger partial charge in [0.2, 0.25) is 0 Å². The van der Waals surface area contributed by atoms with Crippen LogP contribution in [0, 0.1) is 0 Å². The summed E-state index contributed by atoms with van der Waals surface area (Å²) in [6.45, 7) is 4.91. The summed E-state index contributed by atoms with van der Waals surface area (Å²) in [6, 6.07) is 9.53. The molecule has 0 bridgehead atoms. The molecule has 0 aliphatic carbocycles. The number of rotatable bonds is 8. The minimum Gasteiger partial charge on any atom is -0.507 e. The summed E-state index contributed by atoms with van der Waals surface area (Å²) in [4.78, 5) is 33.1. The Hall–Kier alpha value is -3.45. The standard InChI is InChI=1S/C23H25N3O4/c1-4-15-30-18-7-5-17(6-8-18)21(27)19-20(16-9-11-24-12-10-16)26(14-13-25(2)3)23(29)22(19)28/h4-12,20,27H,1,13-15H2,2-3H3/b21-19+/t20-/m0/s1. The van der Waals surface area contributed by atoms with Gasteiger partial charge in [0, 0.05) is 31.0 Å². The van der Waals surface area contributed by atoms with E-state index in [4.69, 9.17) is 4.74 Å². The van der Waals surface area contributed by atoms with Crippen molar-refractivity contribution in [3.05, 3.63) is 78.1 Å². The number of aliphatic hydroxyl groups excluding tert-OH is 1. The average molecular weight is 407 g/mol. The number of pyridine rings is 1. The number of nitrogens with zero attached hydrogens (tertiary/aromatic N) is 3. The first-order valence-electron chi connectivity index (χ1n) is 9.61. The molecule has 0 spiro atoms. The van der Waals surface area contributed by atoms with Gasteiger partial charge in [-0.2, -0.15) is 0 Å². The number of carbonyl (C=O) groups excluding carboxylic acids is 2. The van der Waals surface area contributed by atoms with Crippen molar-refractivity contribution >= 4 is 17.4 Å². The van der Waals surface area contributed by atoms with Crippen LogP contribution in [0.3, 0.4) is 0 Å². The number of aromatic nitrogens is 1. The molecule has 2 aromatic rings. The zero-order valence-electron chi connectivity index (χ0n) is 17.1. The molecule has 1 aliphatic rings. The van der Waals surface area contributed by atoms with E-state index in [2.05, 4.69) is 11.6 Å². The van der Waals surface area contributed by atoms with Gasteiger partial charge in [-0.1, -0.05) is 12.7 Å². The molecule has 1 aromatic carbocycles. The lowest BCUT2D eigenvalue weighted by Crippen LogP contribution is -2.35. The molecule has 3 rings (SSSR count). The third-order valence-corrected chi connectivity index (χ3v) is 4.85. The number of benzene rings is 1. The van der Waals surface area contributed by atoms with Crippen LogP contribution in [-0.4, -0.2) is 65.4 Å². The molecule has 2 heterocycles. The summed E-state index contributed by atoms with van der Waals surface area (Å²) >= 11 is 0. The van der Waals surface area contributed by atoms with Gasteiger partial charge in [0.05, 0.1) is 11.6 Å². The molecule has 1 atom stereocenters. The second-order valence-electron chi connectivity index (χ2n) is 7.20. The second-order valence-corrected chi connectivity index (χ2v) is 7.20. The van der Waals surface area contributed by atoms with Crippen molar-refractivity contribution in [2.45, 2.75) is 6.04 Å². The predicted octanol–water partition coefficient (Wildman–Crippen LogP) is 2.63. The normalized spacial score (nSPS) is 18.1. The molecule has 1 saturated heterocycles. The third-order valence-electron chi connectivity index (χ3n) is 4.85. The van der Waals surface area contributed by atoms with E-state index >= 15 is 0 Å². The predicted molar refractivity (Wildman–Crippen MR) is 114 cm³/mol. The summed E-state index contributed by atoms with van der Waals surface area (Å²) in [5.74, 6) is -0.910. The Bertz CT molecular complexity index is 952. The van der Waals surface area contributed by atoms with Crippen molar-refractivity contribution in [1.82, 2.24) is 14.8 Å². The Kier molecular flexibility index (Phi) is 6.64. The maximum atomic E-state index is 12.9. The Balaban J connectivity index is 2.03. The second kappa shape index (κ2) is 9.37. The van der Waals surface area contributed by atoms with Gasteiger partial charge in [-0.15, -0.1) is 0 Å². The number of likely N-dealkylation sites (tertiary alicyclic amines) is 1. The fraction of sp³-hybridized carbons (Fsp3) is 0.261. The highest BCUT2D eigenvalue weighted by atomic mass is 16.5. The summed E-state index contributed by atoms with van der Waals surface area (Å²) in [7, 11) is 3.79. The highest BCUT2D eigenvalue weighted by Crippen LogP contribution is 2.39. The number of likely N-dealkylation sites (N-methyl/N-ethyl adjacent to an activating group) is 1. The quantitative estimate of drug-likeness (QED) is 0.314. The van der Waals surface area contributed by atoms with Crippen molar-refractivity contribution in [2.24, 2.45) is 0 Å². The number of aliphatic hydroxyl groups is 1. The van der Waals surface area contributed by atoms with E-state index in [1.807, 2.05) is 19.0 Å². The number of ketones is 1. The summed E-state index contributed by atoms with van der Waals surface area (Å²) in [5, 5.41) is 11.0. The number of ether oxygens (including phenoxy) is 1. The van der Waals surface area contributed by atoms with Crippen LogP contribution in [0.2, 0.25) is 0 Å². The Morgan fingerprint density at radius 3 is 2.47 bits per heavy atom.